The van der Waals surface area contributed by atoms with Gasteiger partial charge in [-0.3, -0.25) is 14.2 Å². The van der Waals surface area contributed by atoms with Gasteiger partial charge in [-0.25, -0.2) is 4.39 Å². The first kappa shape index (κ1) is 19.6. The van der Waals surface area contributed by atoms with Crippen molar-refractivity contribution in [3.63, 3.8) is 0 Å². The number of benzene rings is 2. The van der Waals surface area contributed by atoms with E-state index in [1.807, 2.05) is 36.4 Å². The van der Waals surface area contributed by atoms with Crippen LogP contribution in [0.5, 0.6) is 0 Å². The van der Waals surface area contributed by atoms with Gasteiger partial charge in [-0.15, -0.1) is 0 Å². The van der Waals surface area contributed by atoms with Gasteiger partial charge in [0.15, 0.2) is 0 Å². The van der Waals surface area contributed by atoms with Crippen LogP contribution in [-0.4, -0.2) is 22.2 Å². The molecule has 0 fully saturated rings. The molecule has 4 nitrogen and oxygen atoms in total. The number of aromatic nitrogens is 1. The summed E-state index contributed by atoms with van der Waals surface area (Å²) in [5.41, 5.74) is 4.07. The van der Waals surface area contributed by atoms with Crippen molar-refractivity contribution in [3.05, 3.63) is 95.6 Å². The SMILES string of the molecule is C=N/C(=C(\NCc1ccc([S@](C)=O)cc1)c1ccc(F)cc1)c1ccncc1. The van der Waals surface area contributed by atoms with E-state index in [4.69, 9.17) is 0 Å². The quantitative estimate of drug-likeness (QED) is 0.610. The Bertz CT molecular complexity index is 1000. The van der Waals surface area contributed by atoms with E-state index in [0.717, 1.165) is 27.3 Å². The molecule has 2 aromatic carbocycles. The number of hydrogen-bond acceptors (Lipinski definition) is 4. The maximum atomic E-state index is 13.4. The van der Waals surface area contributed by atoms with E-state index in [1.165, 1.54) is 12.1 Å². The molecule has 1 aromatic heterocycles. The maximum absolute atomic E-state index is 13.4. The van der Waals surface area contributed by atoms with Crippen molar-refractivity contribution >= 4 is 28.9 Å². The molecule has 0 amide bonds. The minimum atomic E-state index is -1.01. The summed E-state index contributed by atoms with van der Waals surface area (Å²) in [6, 6.07) is 17.5. The number of nitrogens with zero attached hydrogens (tertiary/aromatic N) is 2. The second kappa shape index (κ2) is 9.19. The fourth-order valence-corrected chi connectivity index (χ4v) is 3.27. The molecule has 0 unspecified atom stereocenters. The summed E-state index contributed by atoms with van der Waals surface area (Å²) < 4.78 is 25.0. The van der Waals surface area contributed by atoms with Crippen LogP contribution < -0.4 is 5.32 Å². The number of halogens is 1. The molecule has 28 heavy (non-hydrogen) atoms. The second-order valence-corrected chi connectivity index (χ2v) is 7.46. The number of aliphatic imine (C=N–C) groups is 1. The van der Waals surface area contributed by atoms with E-state index in [-0.39, 0.29) is 5.82 Å². The highest BCUT2D eigenvalue weighted by atomic mass is 32.2. The van der Waals surface area contributed by atoms with Crippen molar-refractivity contribution in [2.45, 2.75) is 11.4 Å². The zero-order valence-electron chi connectivity index (χ0n) is 15.4. The highest BCUT2D eigenvalue weighted by molar-refractivity contribution is 7.84. The molecule has 0 saturated heterocycles. The van der Waals surface area contributed by atoms with Crippen molar-refractivity contribution < 1.29 is 8.60 Å². The van der Waals surface area contributed by atoms with Gasteiger partial charge >= 0.3 is 0 Å². The van der Waals surface area contributed by atoms with Gasteiger partial charge in [0.25, 0.3) is 0 Å². The largest absolute Gasteiger partial charge is 0.379 e. The van der Waals surface area contributed by atoms with Gasteiger partial charge in [-0.1, -0.05) is 12.1 Å². The highest BCUT2D eigenvalue weighted by Crippen LogP contribution is 2.26. The Morgan fingerprint density at radius 1 is 1.04 bits per heavy atom. The molecule has 142 valence electrons. The Labute approximate surface area is 166 Å². The molecule has 3 rings (SSSR count). The number of rotatable bonds is 7. The Morgan fingerprint density at radius 2 is 1.68 bits per heavy atom. The lowest BCUT2D eigenvalue weighted by molar-refractivity contribution is 0.627. The van der Waals surface area contributed by atoms with Crippen LogP contribution in [0.1, 0.15) is 16.7 Å². The average molecular weight is 393 g/mol. The molecule has 0 saturated carbocycles. The third-order valence-electron chi connectivity index (χ3n) is 4.21. The lowest BCUT2D eigenvalue weighted by Gasteiger charge is -2.16. The van der Waals surface area contributed by atoms with Crippen LogP contribution in [0, 0.1) is 5.82 Å². The molecule has 1 atom stereocenters. The van der Waals surface area contributed by atoms with Gasteiger partial charge in [0, 0.05) is 52.0 Å². The van der Waals surface area contributed by atoms with Crippen LogP contribution >= 0.6 is 0 Å². The van der Waals surface area contributed by atoms with Crippen LogP contribution in [-0.2, 0) is 17.3 Å². The summed E-state index contributed by atoms with van der Waals surface area (Å²) in [6.07, 6.45) is 5.03. The van der Waals surface area contributed by atoms with Crippen LogP contribution in [0.15, 0.2) is 82.9 Å². The first-order valence-corrected chi connectivity index (χ1v) is 10.2. The highest BCUT2D eigenvalue weighted by Gasteiger charge is 2.11. The summed E-state index contributed by atoms with van der Waals surface area (Å²) >= 11 is 0. The number of nitrogens with one attached hydrogen (secondary N) is 1. The van der Waals surface area contributed by atoms with Crippen LogP contribution in [0.25, 0.3) is 11.4 Å². The van der Waals surface area contributed by atoms with E-state index in [2.05, 4.69) is 22.0 Å². The number of pyridine rings is 1. The topological polar surface area (TPSA) is 54.4 Å². The molecular formula is C22H20FN3OS. The molecule has 0 aliphatic carbocycles. The average Bonchev–Trinajstić information content (AvgIpc) is 2.73. The zero-order chi connectivity index (χ0) is 19.9. The molecule has 1 N–H and O–H groups in total. The van der Waals surface area contributed by atoms with Gasteiger partial charge in [-0.2, -0.15) is 0 Å². The predicted octanol–water partition coefficient (Wildman–Crippen LogP) is 4.27. The summed E-state index contributed by atoms with van der Waals surface area (Å²) in [6.45, 7) is 4.23. The molecule has 0 aliphatic rings. The lowest BCUT2D eigenvalue weighted by atomic mass is 10.1. The van der Waals surface area contributed by atoms with Crippen molar-refractivity contribution in [2.24, 2.45) is 4.99 Å². The Kier molecular flexibility index (Phi) is 6.45. The standard InChI is InChI=1S/C22H20FN3OS/c1-24-21(18-11-13-25-14-12-18)22(17-5-7-19(23)8-6-17)26-15-16-3-9-20(10-4-16)28(2)27/h3-14,26H,1,15H2,2H3/b22-21-/t28-/m0/s1. The van der Waals surface area contributed by atoms with Gasteiger partial charge < -0.3 is 5.32 Å². The predicted molar refractivity (Wildman–Crippen MR) is 113 cm³/mol. The normalized spacial score (nSPS) is 12.8. The minimum absolute atomic E-state index is 0.303. The van der Waals surface area contributed by atoms with E-state index < -0.39 is 10.8 Å². The lowest BCUT2D eigenvalue weighted by Crippen LogP contribution is -2.14. The molecule has 0 bridgehead atoms. The molecular weight excluding hydrogens is 373 g/mol. The first-order valence-electron chi connectivity index (χ1n) is 8.62. The summed E-state index contributed by atoms with van der Waals surface area (Å²) in [4.78, 5) is 9.04. The zero-order valence-corrected chi connectivity index (χ0v) is 16.2. The van der Waals surface area contributed by atoms with E-state index in [9.17, 15) is 8.60 Å². The van der Waals surface area contributed by atoms with Gasteiger partial charge in [0.05, 0.1) is 11.4 Å². The molecule has 0 aliphatic heterocycles. The number of hydrogen-bond donors (Lipinski definition) is 1. The van der Waals surface area contributed by atoms with Gasteiger partial charge in [0.2, 0.25) is 0 Å². The maximum Gasteiger partial charge on any atom is 0.123 e. The molecule has 0 spiro atoms. The molecule has 1 heterocycles. The van der Waals surface area contributed by atoms with E-state index >= 15 is 0 Å². The molecule has 0 radical (unpaired) electrons. The fraction of sp³-hybridized carbons (Fsp3) is 0.0909. The van der Waals surface area contributed by atoms with Gasteiger partial charge in [0.1, 0.15) is 5.82 Å². The van der Waals surface area contributed by atoms with E-state index in [0.29, 0.717) is 12.2 Å². The summed E-state index contributed by atoms with van der Waals surface area (Å²) in [5, 5.41) is 3.40. The molecule has 6 heteroatoms. The van der Waals surface area contributed by atoms with Crippen LogP contribution in [0.2, 0.25) is 0 Å². The third kappa shape index (κ3) is 4.78. The molecule has 3 aromatic rings. The Hall–Kier alpha value is -3.12. The Morgan fingerprint density at radius 3 is 2.25 bits per heavy atom. The smallest absolute Gasteiger partial charge is 0.123 e. The van der Waals surface area contributed by atoms with Crippen LogP contribution in [0.3, 0.4) is 0 Å². The van der Waals surface area contributed by atoms with Crippen molar-refractivity contribution in [1.29, 1.82) is 0 Å². The van der Waals surface area contributed by atoms with Crippen molar-refractivity contribution in [1.82, 2.24) is 10.3 Å². The summed E-state index contributed by atoms with van der Waals surface area (Å²) in [7, 11) is -1.01. The van der Waals surface area contributed by atoms with Crippen molar-refractivity contribution in [2.75, 3.05) is 6.26 Å². The Balaban J connectivity index is 1.96. The van der Waals surface area contributed by atoms with Crippen molar-refractivity contribution in [3.8, 4) is 0 Å². The third-order valence-corrected chi connectivity index (χ3v) is 5.14. The van der Waals surface area contributed by atoms with Crippen LogP contribution in [0.4, 0.5) is 4.39 Å². The monoisotopic (exact) mass is 393 g/mol. The minimum Gasteiger partial charge on any atom is -0.379 e. The van der Waals surface area contributed by atoms with E-state index in [1.54, 1.807) is 30.8 Å². The first-order chi connectivity index (χ1) is 13.6. The van der Waals surface area contributed by atoms with Gasteiger partial charge in [-0.05, 0) is 60.8 Å². The second-order valence-electron chi connectivity index (χ2n) is 6.08. The summed E-state index contributed by atoms with van der Waals surface area (Å²) in [5.74, 6) is -0.303. The fourth-order valence-electron chi connectivity index (χ4n) is 2.75.